The van der Waals surface area contributed by atoms with Gasteiger partial charge in [0.1, 0.15) is 0 Å². The van der Waals surface area contributed by atoms with Crippen LogP contribution in [0.4, 0.5) is 5.69 Å². The second-order valence-electron chi connectivity index (χ2n) is 7.60. The molecule has 1 aromatic heterocycles. The van der Waals surface area contributed by atoms with E-state index in [9.17, 15) is 14.7 Å². The number of rotatable bonds is 5. The molecule has 1 amide bonds. The molecule has 1 aliphatic carbocycles. The summed E-state index contributed by atoms with van der Waals surface area (Å²) in [7, 11) is 0. The number of amides is 1. The van der Waals surface area contributed by atoms with Crippen LogP contribution in [0.15, 0.2) is 29.6 Å². The Hall–Kier alpha value is -2.25. The average Bonchev–Trinajstić information content (AvgIpc) is 3.29. The van der Waals surface area contributed by atoms with E-state index in [0.29, 0.717) is 13.1 Å². The summed E-state index contributed by atoms with van der Waals surface area (Å²) in [4.78, 5) is 30.7. The molecule has 2 aromatic rings. The number of aliphatic carboxylic acids is 1. The average molecular weight is 385 g/mol. The lowest BCUT2D eigenvalue weighted by Gasteiger charge is -2.23. The Labute approximate surface area is 162 Å². The van der Waals surface area contributed by atoms with Gasteiger partial charge in [-0.05, 0) is 37.8 Å². The number of hydrogen-bond acceptors (Lipinski definition) is 5. The van der Waals surface area contributed by atoms with Crippen molar-refractivity contribution in [3.8, 4) is 11.3 Å². The van der Waals surface area contributed by atoms with Crippen LogP contribution in [0.5, 0.6) is 0 Å². The number of anilines is 1. The highest BCUT2D eigenvalue weighted by molar-refractivity contribution is 7.09. The van der Waals surface area contributed by atoms with Crippen LogP contribution in [0, 0.1) is 18.3 Å². The van der Waals surface area contributed by atoms with Gasteiger partial charge in [-0.2, -0.15) is 0 Å². The maximum Gasteiger partial charge on any atom is 0.311 e. The fraction of sp³-hybridized carbons (Fsp3) is 0.450. The number of hydrogen-bond donors (Lipinski definition) is 2. The van der Waals surface area contributed by atoms with E-state index in [-0.39, 0.29) is 18.4 Å². The molecule has 0 unspecified atom stereocenters. The normalized spacial score (nSPS) is 24.7. The Morgan fingerprint density at radius 3 is 3.00 bits per heavy atom. The molecular formula is C20H23N3O3S. The van der Waals surface area contributed by atoms with Crippen LogP contribution in [-0.4, -0.2) is 46.5 Å². The Balaban J connectivity index is 1.40. The smallest absolute Gasteiger partial charge is 0.311 e. The standard InChI is InChI=1S/C20H23N3O3S/c1-13-21-17(11-27-13)14-4-2-6-16(8-14)22-18(24)10-23-9-15-5-3-7-20(15,12-23)19(25)26/h2,4,6,8,11,15H,3,5,7,9-10,12H2,1H3,(H,22,24)(H,25,26)/t15-,20+/m0/s1. The number of carboxylic acid groups (broad SMARTS) is 1. The molecule has 6 nitrogen and oxygen atoms in total. The second kappa shape index (κ2) is 7.05. The first-order valence-corrected chi connectivity index (χ1v) is 10.1. The SMILES string of the molecule is Cc1nc(-c2cccc(NC(=O)CN3C[C@@H]4CCC[C@@]4(C(=O)O)C3)c2)cs1. The van der Waals surface area contributed by atoms with Gasteiger partial charge in [0.15, 0.2) is 0 Å². The summed E-state index contributed by atoms with van der Waals surface area (Å²) in [6.07, 6.45) is 2.64. The molecule has 2 atom stereocenters. The van der Waals surface area contributed by atoms with Gasteiger partial charge in [0.05, 0.1) is 22.7 Å². The van der Waals surface area contributed by atoms with Crippen molar-refractivity contribution in [2.24, 2.45) is 11.3 Å². The molecule has 2 fully saturated rings. The lowest BCUT2D eigenvalue weighted by atomic mass is 9.81. The Kier molecular flexibility index (Phi) is 4.74. The van der Waals surface area contributed by atoms with Crippen molar-refractivity contribution >= 4 is 28.9 Å². The largest absolute Gasteiger partial charge is 0.481 e. The summed E-state index contributed by atoms with van der Waals surface area (Å²) >= 11 is 1.60. The van der Waals surface area contributed by atoms with Crippen LogP contribution < -0.4 is 5.32 Å². The van der Waals surface area contributed by atoms with Crippen LogP contribution in [0.2, 0.25) is 0 Å². The van der Waals surface area contributed by atoms with Crippen LogP contribution >= 0.6 is 11.3 Å². The van der Waals surface area contributed by atoms with Gasteiger partial charge in [0.2, 0.25) is 5.91 Å². The molecule has 142 valence electrons. The topological polar surface area (TPSA) is 82.5 Å². The molecule has 27 heavy (non-hydrogen) atoms. The molecule has 0 bridgehead atoms. The van der Waals surface area contributed by atoms with E-state index in [4.69, 9.17) is 0 Å². The number of benzene rings is 1. The van der Waals surface area contributed by atoms with Gasteiger partial charge < -0.3 is 10.4 Å². The van der Waals surface area contributed by atoms with Gasteiger partial charge in [0.25, 0.3) is 0 Å². The number of carbonyl (C=O) groups is 2. The van der Waals surface area contributed by atoms with E-state index >= 15 is 0 Å². The Morgan fingerprint density at radius 1 is 1.44 bits per heavy atom. The first-order valence-electron chi connectivity index (χ1n) is 9.24. The quantitative estimate of drug-likeness (QED) is 0.826. The minimum Gasteiger partial charge on any atom is -0.481 e. The van der Waals surface area contributed by atoms with Crippen molar-refractivity contribution in [2.75, 3.05) is 25.0 Å². The van der Waals surface area contributed by atoms with E-state index < -0.39 is 11.4 Å². The molecule has 7 heteroatoms. The van der Waals surface area contributed by atoms with Crippen LogP contribution in [0.25, 0.3) is 11.3 Å². The van der Waals surface area contributed by atoms with Gasteiger partial charge >= 0.3 is 5.97 Å². The maximum atomic E-state index is 12.5. The number of nitrogens with one attached hydrogen (secondary N) is 1. The molecule has 2 aliphatic rings. The summed E-state index contributed by atoms with van der Waals surface area (Å²) in [5.74, 6) is -0.652. The van der Waals surface area contributed by atoms with E-state index in [1.54, 1.807) is 11.3 Å². The first-order chi connectivity index (χ1) is 13.0. The van der Waals surface area contributed by atoms with Crippen molar-refractivity contribution in [2.45, 2.75) is 26.2 Å². The van der Waals surface area contributed by atoms with Crippen LogP contribution in [0.1, 0.15) is 24.3 Å². The van der Waals surface area contributed by atoms with Gasteiger partial charge in [-0.25, -0.2) is 4.98 Å². The molecule has 2 heterocycles. The predicted molar refractivity (Wildman–Crippen MR) is 105 cm³/mol. The van der Waals surface area contributed by atoms with Crippen molar-refractivity contribution < 1.29 is 14.7 Å². The predicted octanol–water partition coefficient (Wildman–Crippen LogP) is 3.24. The molecule has 0 radical (unpaired) electrons. The number of carboxylic acids is 1. The summed E-state index contributed by atoms with van der Waals surface area (Å²) in [5, 5.41) is 15.6. The van der Waals surface area contributed by atoms with Crippen LogP contribution in [-0.2, 0) is 9.59 Å². The lowest BCUT2D eigenvalue weighted by Crippen LogP contribution is -2.37. The zero-order chi connectivity index (χ0) is 19.0. The number of likely N-dealkylation sites (tertiary alicyclic amines) is 1. The highest BCUT2D eigenvalue weighted by Gasteiger charge is 2.54. The summed E-state index contributed by atoms with van der Waals surface area (Å²) < 4.78 is 0. The zero-order valence-corrected chi connectivity index (χ0v) is 16.1. The molecule has 0 spiro atoms. The summed E-state index contributed by atoms with van der Waals surface area (Å²) in [6.45, 7) is 3.36. The summed E-state index contributed by atoms with van der Waals surface area (Å²) in [5.41, 5.74) is 1.96. The minimum atomic E-state index is -0.709. The fourth-order valence-electron chi connectivity index (χ4n) is 4.52. The third-order valence-corrected chi connectivity index (χ3v) is 6.57. The van der Waals surface area contributed by atoms with E-state index in [1.807, 2.05) is 41.5 Å². The number of aromatic nitrogens is 1. The number of nitrogens with zero attached hydrogens (tertiary/aromatic N) is 2. The van der Waals surface area contributed by atoms with Crippen LogP contribution in [0.3, 0.4) is 0 Å². The minimum absolute atomic E-state index is 0.109. The molecule has 1 aromatic carbocycles. The monoisotopic (exact) mass is 385 g/mol. The number of thiazole rings is 1. The Bertz CT molecular complexity index is 881. The molecule has 4 rings (SSSR count). The highest BCUT2D eigenvalue weighted by Crippen LogP contribution is 2.48. The van der Waals surface area contributed by atoms with Crippen molar-refractivity contribution in [1.29, 1.82) is 0 Å². The first kappa shape index (κ1) is 18.1. The second-order valence-corrected chi connectivity index (χ2v) is 8.66. The van der Waals surface area contributed by atoms with E-state index in [0.717, 1.165) is 41.2 Å². The molecule has 1 saturated carbocycles. The third kappa shape index (κ3) is 3.49. The number of carbonyl (C=O) groups excluding carboxylic acids is 1. The van der Waals surface area contributed by atoms with Crippen molar-refractivity contribution in [1.82, 2.24) is 9.88 Å². The van der Waals surface area contributed by atoms with Crippen molar-refractivity contribution in [3.05, 3.63) is 34.7 Å². The molecule has 1 aliphatic heterocycles. The summed E-state index contributed by atoms with van der Waals surface area (Å²) in [6, 6.07) is 7.66. The van der Waals surface area contributed by atoms with Crippen molar-refractivity contribution in [3.63, 3.8) is 0 Å². The number of fused-ring (bicyclic) bond motifs is 1. The van der Waals surface area contributed by atoms with E-state index in [2.05, 4.69) is 10.3 Å². The number of aryl methyl sites for hydroxylation is 1. The van der Waals surface area contributed by atoms with E-state index in [1.165, 1.54) is 0 Å². The molecular weight excluding hydrogens is 362 g/mol. The fourth-order valence-corrected chi connectivity index (χ4v) is 5.14. The third-order valence-electron chi connectivity index (χ3n) is 5.80. The Morgan fingerprint density at radius 2 is 2.30 bits per heavy atom. The highest BCUT2D eigenvalue weighted by atomic mass is 32.1. The van der Waals surface area contributed by atoms with Gasteiger partial charge in [-0.3, -0.25) is 14.5 Å². The van der Waals surface area contributed by atoms with Gasteiger partial charge in [-0.1, -0.05) is 18.6 Å². The maximum absolute atomic E-state index is 12.5. The van der Waals surface area contributed by atoms with Gasteiger partial charge in [0, 0.05) is 29.7 Å². The zero-order valence-electron chi connectivity index (χ0n) is 15.3. The lowest BCUT2D eigenvalue weighted by molar-refractivity contribution is -0.149. The van der Waals surface area contributed by atoms with Gasteiger partial charge in [-0.15, -0.1) is 11.3 Å². The molecule has 1 saturated heterocycles. The molecule has 2 N–H and O–H groups in total.